The minimum Gasteiger partial charge on any atom is -0.491 e. The van der Waals surface area contributed by atoms with Crippen molar-refractivity contribution >= 4 is 17.3 Å². The first-order valence-electron chi connectivity index (χ1n) is 9.59. The molecule has 1 heterocycles. The topological polar surface area (TPSA) is 93.9 Å². The summed E-state index contributed by atoms with van der Waals surface area (Å²) in [5.74, 6) is 0.418. The Bertz CT molecular complexity index is 861. The molecule has 0 bridgehead atoms. The highest BCUT2D eigenvalue weighted by molar-refractivity contribution is 6.00. The van der Waals surface area contributed by atoms with Gasteiger partial charge < -0.3 is 19.7 Å². The number of hydrogen-bond donors (Lipinski definition) is 1. The first-order valence-corrected chi connectivity index (χ1v) is 9.59. The van der Waals surface area contributed by atoms with Gasteiger partial charge in [0.15, 0.2) is 0 Å². The molecule has 29 heavy (non-hydrogen) atoms. The molecule has 1 aliphatic rings. The van der Waals surface area contributed by atoms with E-state index in [2.05, 4.69) is 5.32 Å². The number of nitrogens with zero attached hydrogens (tertiary/aromatic N) is 2. The average Bonchev–Trinajstić information content (AvgIpc) is 2.72. The first kappa shape index (κ1) is 20.6. The number of benzene rings is 2. The molecule has 1 amide bonds. The van der Waals surface area contributed by atoms with Crippen molar-refractivity contribution in [2.75, 3.05) is 31.2 Å². The Balaban J connectivity index is 1.74. The molecule has 1 saturated heterocycles. The summed E-state index contributed by atoms with van der Waals surface area (Å²) >= 11 is 0. The van der Waals surface area contributed by atoms with Crippen LogP contribution in [0.2, 0.25) is 0 Å². The Morgan fingerprint density at radius 1 is 1.21 bits per heavy atom. The number of rotatable bonds is 7. The van der Waals surface area contributed by atoms with Crippen LogP contribution >= 0.6 is 0 Å². The van der Waals surface area contributed by atoms with Gasteiger partial charge in [-0.25, -0.2) is 0 Å². The fraction of sp³-hybridized carbons (Fsp3) is 0.381. The molecule has 0 spiro atoms. The van der Waals surface area contributed by atoms with Crippen LogP contribution in [0.4, 0.5) is 11.4 Å². The standard InChI is InChI=1S/C21H25N3O5/c1-15(2)29-18-6-3-16(4-7-18)14-22-21(25)19-13-17(24(26)27)5-8-20(19)23-9-11-28-12-10-23/h3-8,13,15H,9-12,14H2,1-2H3,(H,22,25). The number of nitro groups is 1. The van der Waals surface area contributed by atoms with Gasteiger partial charge in [-0.05, 0) is 37.6 Å². The SMILES string of the molecule is CC(C)Oc1ccc(CNC(=O)c2cc([N+](=O)[O-])ccc2N2CCOCC2)cc1. The second-order valence-electron chi connectivity index (χ2n) is 7.05. The number of nitro benzene ring substituents is 1. The van der Waals surface area contributed by atoms with Crippen LogP contribution in [0.15, 0.2) is 42.5 Å². The number of ether oxygens (including phenoxy) is 2. The van der Waals surface area contributed by atoms with Crippen molar-refractivity contribution in [3.05, 3.63) is 63.7 Å². The monoisotopic (exact) mass is 399 g/mol. The molecule has 2 aromatic rings. The van der Waals surface area contributed by atoms with Crippen molar-refractivity contribution < 1.29 is 19.2 Å². The van der Waals surface area contributed by atoms with E-state index in [-0.39, 0.29) is 17.7 Å². The summed E-state index contributed by atoms with van der Waals surface area (Å²) in [5.41, 5.74) is 1.77. The molecule has 1 N–H and O–H groups in total. The summed E-state index contributed by atoms with van der Waals surface area (Å²) in [6.45, 7) is 6.61. The Morgan fingerprint density at radius 3 is 2.52 bits per heavy atom. The normalized spacial score (nSPS) is 14.0. The number of nitrogens with one attached hydrogen (secondary N) is 1. The van der Waals surface area contributed by atoms with Gasteiger partial charge in [0.1, 0.15) is 5.75 Å². The van der Waals surface area contributed by atoms with E-state index < -0.39 is 4.92 Å². The van der Waals surface area contributed by atoms with Crippen LogP contribution in [0, 0.1) is 10.1 Å². The molecule has 0 aromatic heterocycles. The Labute approximate surface area is 169 Å². The van der Waals surface area contributed by atoms with E-state index >= 15 is 0 Å². The number of carbonyl (C=O) groups is 1. The van der Waals surface area contributed by atoms with Gasteiger partial charge in [0.05, 0.1) is 35.5 Å². The molecule has 1 aliphatic heterocycles. The van der Waals surface area contributed by atoms with Gasteiger partial charge in [0.25, 0.3) is 11.6 Å². The lowest BCUT2D eigenvalue weighted by Gasteiger charge is -2.30. The quantitative estimate of drug-likeness (QED) is 0.568. The average molecular weight is 399 g/mol. The summed E-state index contributed by atoms with van der Waals surface area (Å²) in [5, 5.41) is 14.0. The maximum absolute atomic E-state index is 12.9. The molecule has 0 atom stereocenters. The summed E-state index contributed by atoms with van der Waals surface area (Å²) in [7, 11) is 0. The Morgan fingerprint density at radius 2 is 1.90 bits per heavy atom. The lowest BCUT2D eigenvalue weighted by molar-refractivity contribution is -0.384. The maximum Gasteiger partial charge on any atom is 0.270 e. The van der Waals surface area contributed by atoms with Gasteiger partial charge in [0, 0.05) is 31.8 Å². The van der Waals surface area contributed by atoms with Crippen molar-refractivity contribution in [1.82, 2.24) is 5.32 Å². The van der Waals surface area contributed by atoms with E-state index in [1.165, 1.54) is 12.1 Å². The highest BCUT2D eigenvalue weighted by atomic mass is 16.6. The third kappa shape index (κ3) is 5.45. The van der Waals surface area contributed by atoms with E-state index in [1.807, 2.05) is 43.0 Å². The van der Waals surface area contributed by atoms with Crippen molar-refractivity contribution in [1.29, 1.82) is 0 Å². The highest BCUT2D eigenvalue weighted by Crippen LogP contribution is 2.26. The second kappa shape index (κ2) is 9.38. The van der Waals surface area contributed by atoms with Crippen LogP contribution in [0.3, 0.4) is 0 Å². The van der Waals surface area contributed by atoms with Crippen molar-refractivity contribution in [2.45, 2.75) is 26.5 Å². The van der Waals surface area contributed by atoms with E-state index in [0.29, 0.717) is 44.1 Å². The second-order valence-corrected chi connectivity index (χ2v) is 7.05. The first-order chi connectivity index (χ1) is 13.9. The predicted molar refractivity (Wildman–Crippen MR) is 110 cm³/mol. The Kier molecular flexibility index (Phi) is 6.66. The molecule has 0 saturated carbocycles. The molecule has 8 heteroatoms. The molecule has 154 valence electrons. The van der Waals surface area contributed by atoms with Crippen LogP contribution in [0.25, 0.3) is 0 Å². The van der Waals surface area contributed by atoms with Crippen LogP contribution in [-0.2, 0) is 11.3 Å². The fourth-order valence-electron chi connectivity index (χ4n) is 3.14. The zero-order valence-corrected chi connectivity index (χ0v) is 16.6. The van der Waals surface area contributed by atoms with Crippen LogP contribution in [0.1, 0.15) is 29.8 Å². The molecular weight excluding hydrogens is 374 g/mol. The number of hydrogen-bond acceptors (Lipinski definition) is 6. The molecule has 2 aromatic carbocycles. The minimum atomic E-state index is -0.493. The summed E-state index contributed by atoms with van der Waals surface area (Å²) in [6, 6.07) is 11.9. The van der Waals surface area contributed by atoms with Crippen LogP contribution < -0.4 is 15.0 Å². The van der Waals surface area contributed by atoms with Gasteiger partial charge >= 0.3 is 0 Å². The third-order valence-corrected chi connectivity index (χ3v) is 4.54. The maximum atomic E-state index is 12.9. The number of non-ortho nitro benzene ring substituents is 1. The van der Waals surface area contributed by atoms with E-state index in [9.17, 15) is 14.9 Å². The van der Waals surface area contributed by atoms with Crippen molar-refractivity contribution in [3.63, 3.8) is 0 Å². The largest absolute Gasteiger partial charge is 0.491 e. The van der Waals surface area contributed by atoms with Crippen LogP contribution in [0.5, 0.6) is 5.75 Å². The summed E-state index contributed by atoms with van der Waals surface area (Å²) in [4.78, 5) is 25.6. The molecule has 0 aliphatic carbocycles. The van der Waals surface area contributed by atoms with E-state index in [0.717, 1.165) is 11.3 Å². The number of anilines is 1. The summed E-state index contributed by atoms with van der Waals surface area (Å²) < 4.78 is 11.0. The third-order valence-electron chi connectivity index (χ3n) is 4.54. The highest BCUT2D eigenvalue weighted by Gasteiger charge is 2.22. The molecule has 0 unspecified atom stereocenters. The number of amides is 1. The van der Waals surface area contributed by atoms with Gasteiger partial charge in [-0.3, -0.25) is 14.9 Å². The van der Waals surface area contributed by atoms with Crippen molar-refractivity contribution in [2.24, 2.45) is 0 Å². The lowest BCUT2D eigenvalue weighted by atomic mass is 10.1. The van der Waals surface area contributed by atoms with Gasteiger partial charge in [0.2, 0.25) is 0 Å². The fourth-order valence-corrected chi connectivity index (χ4v) is 3.14. The van der Waals surface area contributed by atoms with Crippen molar-refractivity contribution in [3.8, 4) is 5.75 Å². The molecular formula is C21H25N3O5. The number of morpholine rings is 1. The summed E-state index contributed by atoms with van der Waals surface area (Å²) in [6.07, 6.45) is 0.0908. The van der Waals surface area contributed by atoms with Crippen LogP contribution in [-0.4, -0.2) is 43.2 Å². The van der Waals surface area contributed by atoms with Gasteiger partial charge in [-0.2, -0.15) is 0 Å². The molecule has 0 radical (unpaired) electrons. The zero-order valence-electron chi connectivity index (χ0n) is 16.6. The zero-order chi connectivity index (χ0) is 20.8. The molecule has 3 rings (SSSR count). The number of carbonyl (C=O) groups excluding carboxylic acids is 1. The van der Waals surface area contributed by atoms with E-state index in [1.54, 1.807) is 6.07 Å². The Hall–Kier alpha value is -3.13. The van der Waals surface area contributed by atoms with E-state index in [4.69, 9.17) is 9.47 Å². The smallest absolute Gasteiger partial charge is 0.270 e. The molecule has 8 nitrogen and oxygen atoms in total. The predicted octanol–water partition coefficient (Wildman–Crippen LogP) is 3.15. The molecule has 1 fully saturated rings. The van der Waals surface area contributed by atoms with Gasteiger partial charge in [-0.1, -0.05) is 12.1 Å². The minimum absolute atomic E-state index is 0.0908. The van der Waals surface area contributed by atoms with Gasteiger partial charge in [-0.15, -0.1) is 0 Å². The lowest BCUT2D eigenvalue weighted by Crippen LogP contribution is -2.38.